The summed E-state index contributed by atoms with van der Waals surface area (Å²) in [4.78, 5) is 24.2. The molecule has 0 spiro atoms. The van der Waals surface area contributed by atoms with Gasteiger partial charge in [0.25, 0.3) is 0 Å². The van der Waals surface area contributed by atoms with Crippen LogP contribution in [0.5, 0.6) is 0 Å². The van der Waals surface area contributed by atoms with E-state index in [4.69, 9.17) is 9.84 Å². The second-order valence-electron chi connectivity index (χ2n) is 4.46. The molecule has 1 aliphatic heterocycles. The predicted molar refractivity (Wildman–Crippen MR) is 64.0 cm³/mol. The minimum absolute atomic E-state index is 0.0438. The van der Waals surface area contributed by atoms with Gasteiger partial charge >= 0.3 is 5.97 Å². The fourth-order valence-corrected chi connectivity index (χ4v) is 1.96. The van der Waals surface area contributed by atoms with Gasteiger partial charge in [-0.3, -0.25) is 4.79 Å². The van der Waals surface area contributed by atoms with Gasteiger partial charge in [0.2, 0.25) is 5.91 Å². The summed E-state index contributed by atoms with van der Waals surface area (Å²) < 4.78 is 30.8. The van der Waals surface area contributed by atoms with E-state index in [9.17, 15) is 18.4 Å². The van der Waals surface area contributed by atoms with Crippen LogP contribution in [0, 0.1) is 11.6 Å². The summed E-state index contributed by atoms with van der Waals surface area (Å²) in [6, 6.07) is 3.24. The largest absolute Gasteiger partial charge is 0.479 e. The van der Waals surface area contributed by atoms with Crippen molar-refractivity contribution < 1.29 is 28.2 Å². The van der Waals surface area contributed by atoms with Crippen LogP contribution in [0.25, 0.3) is 0 Å². The Balaban J connectivity index is 2.00. The third-order valence-corrected chi connectivity index (χ3v) is 3.03. The molecule has 20 heavy (non-hydrogen) atoms. The Morgan fingerprint density at radius 2 is 2.10 bits per heavy atom. The normalized spacial score (nSPS) is 18.9. The van der Waals surface area contributed by atoms with Crippen molar-refractivity contribution in [2.24, 2.45) is 0 Å². The average Bonchev–Trinajstić information content (AvgIpc) is 2.43. The third-order valence-electron chi connectivity index (χ3n) is 3.03. The molecule has 2 rings (SSSR count). The van der Waals surface area contributed by atoms with Crippen molar-refractivity contribution in [2.45, 2.75) is 12.5 Å². The molecule has 0 aliphatic carbocycles. The van der Waals surface area contributed by atoms with Gasteiger partial charge in [-0.05, 0) is 17.7 Å². The van der Waals surface area contributed by atoms with Crippen LogP contribution in [0.3, 0.4) is 0 Å². The van der Waals surface area contributed by atoms with E-state index in [1.54, 1.807) is 0 Å². The Labute approximate surface area is 113 Å². The van der Waals surface area contributed by atoms with Gasteiger partial charge in [0.15, 0.2) is 17.7 Å². The van der Waals surface area contributed by atoms with Gasteiger partial charge in [0.05, 0.1) is 19.6 Å². The summed E-state index contributed by atoms with van der Waals surface area (Å²) in [7, 11) is 0. The highest BCUT2D eigenvalue weighted by Crippen LogP contribution is 2.12. The van der Waals surface area contributed by atoms with E-state index in [1.807, 2.05) is 0 Å². The van der Waals surface area contributed by atoms with E-state index >= 15 is 0 Å². The number of halogens is 2. The van der Waals surface area contributed by atoms with Gasteiger partial charge in [0.1, 0.15) is 0 Å². The Morgan fingerprint density at radius 1 is 1.35 bits per heavy atom. The summed E-state index contributed by atoms with van der Waals surface area (Å²) >= 11 is 0. The third kappa shape index (κ3) is 3.30. The maximum absolute atomic E-state index is 13.0. The molecule has 1 aromatic carbocycles. The van der Waals surface area contributed by atoms with E-state index in [-0.39, 0.29) is 32.0 Å². The smallest absolute Gasteiger partial charge is 0.334 e. The van der Waals surface area contributed by atoms with Gasteiger partial charge in [-0.1, -0.05) is 6.07 Å². The number of carbonyl (C=O) groups is 2. The monoisotopic (exact) mass is 285 g/mol. The highest BCUT2D eigenvalue weighted by Gasteiger charge is 2.28. The van der Waals surface area contributed by atoms with Crippen molar-refractivity contribution in [2.75, 3.05) is 19.7 Å². The lowest BCUT2D eigenvalue weighted by Crippen LogP contribution is -2.49. The Kier molecular flexibility index (Phi) is 4.29. The molecule has 1 aliphatic rings. The zero-order valence-corrected chi connectivity index (χ0v) is 10.5. The summed E-state index contributed by atoms with van der Waals surface area (Å²) in [5.41, 5.74) is 0.340. The lowest BCUT2D eigenvalue weighted by molar-refractivity contribution is -0.159. The van der Waals surface area contributed by atoms with Crippen molar-refractivity contribution in [1.29, 1.82) is 0 Å². The zero-order valence-electron chi connectivity index (χ0n) is 10.5. The number of hydrogen-bond donors (Lipinski definition) is 1. The van der Waals surface area contributed by atoms with Gasteiger partial charge in [0, 0.05) is 6.54 Å². The van der Waals surface area contributed by atoms with Crippen LogP contribution in [0.1, 0.15) is 5.56 Å². The Bertz CT molecular complexity index is 535. The van der Waals surface area contributed by atoms with Crippen LogP contribution >= 0.6 is 0 Å². The molecule has 1 saturated heterocycles. The molecule has 0 aromatic heterocycles. The molecule has 1 amide bonds. The molecule has 1 fully saturated rings. The van der Waals surface area contributed by atoms with Crippen molar-refractivity contribution in [3.63, 3.8) is 0 Å². The number of hydrogen-bond acceptors (Lipinski definition) is 3. The average molecular weight is 285 g/mol. The molecule has 5 nitrogen and oxygen atoms in total. The van der Waals surface area contributed by atoms with Crippen LogP contribution in [0.2, 0.25) is 0 Å². The van der Waals surface area contributed by atoms with E-state index in [0.717, 1.165) is 12.1 Å². The highest BCUT2D eigenvalue weighted by molar-refractivity contribution is 5.80. The number of carbonyl (C=O) groups excluding carboxylic acids is 1. The van der Waals surface area contributed by atoms with Crippen LogP contribution in [-0.4, -0.2) is 47.7 Å². The van der Waals surface area contributed by atoms with Crippen molar-refractivity contribution >= 4 is 11.9 Å². The van der Waals surface area contributed by atoms with E-state index in [2.05, 4.69) is 0 Å². The van der Waals surface area contributed by atoms with Crippen LogP contribution in [0.15, 0.2) is 18.2 Å². The topological polar surface area (TPSA) is 66.8 Å². The molecule has 1 unspecified atom stereocenters. The summed E-state index contributed by atoms with van der Waals surface area (Å²) in [6.45, 7) is 0.380. The maximum atomic E-state index is 13.0. The SMILES string of the molecule is O=C(O)C1CN(C(=O)Cc2ccc(F)c(F)c2)CCO1. The molecule has 108 valence electrons. The van der Waals surface area contributed by atoms with E-state index in [0.29, 0.717) is 5.56 Å². The van der Waals surface area contributed by atoms with E-state index in [1.165, 1.54) is 11.0 Å². The lowest BCUT2D eigenvalue weighted by Gasteiger charge is -2.31. The Morgan fingerprint density at radius 3 is 2.75 bits per heavy atom. The van der Waals surface area contributed by atoms with Crippen molar-refractivity contribution in [1.82, 2.24) is 4.90 Å². The van der Waals surface area contributed by atoms with Gasteiger partial charge < -0.3 is 14.7 Å². The first-order valence-corrected chi connectivity index (χ1v) is 6.03. The number of morpholine rings is 1. The number of amides is 1. The fraction of sp³-hybridized carbons (Fsp3) is 0.385. The van der Waals surface area contributed by atoms with E-state index < -0.39 is 23.7 Å². The molecule has 1 heterocycles. The second-order valence-corrected chi connectivity index (χ2v) is 4.46. The summed E-state index contributed by atoms with van der Waals surface area (Å²) in [6.07, 6.45) is -1.15. The number of rotatable bonds is 3. The standard InChI is InChI=1S/C13H13F2NO4/c14-9-2-1-8(5-10(9)15)6-12(17)16-3-4-20-11(7-16)13(18)19/h1-2,5,11H,3-4,6-7H2,(H,18,19). The molecule has 0 radical (unpaired) electrons. The molecule has 1 N–H and O–H groups in total. The number of carboxylic acid groups (broad SMARTS) is 1. The molecule has 0 saturated carbocycles. The number of benzene rings is 1. The molecular formula is C13H13F2NO4. The lowest BCUT2D eigenvalue weighted by atomic mass is 10.1. The van der Waals surface area contributed by atoms with Gasteiger partial charge in [-0.25, -0.2) is 13.6 Å². The van der Waals surface area contributed by atoms with Gasteiger partial charge in [-0.15, -0.1) is 0 Å². The zero-order chi connectivity index (χ0) is 14.7. The van der Waals surface area contributed by atoms with Crippen LogP contribution < -0.4 is 0 Å². The minimum Gasteiger partial charge on any atom is -0.479 e. The summed E-state index contributed by atoms with van der Waals surface area (Å²) in [5.74, 6) is -3.46. The maximum Gasteiger partial charge on any atom is 0.334 e. The van der Waals surface area contributed by atoms with Crippen molar-refractivity contribution in [3.8, 4) is 0 Å². The first-order valence-electron chi connectivity index (χ1n) is 6.03. The highest BCUT2D eigenvalue weighted by atomic mass is 19.2. The number of nitrogens with zero attached hydrogens (tertiary/aromatic N) is 1. The minimum atomic E-state index is -1.13. The molecule has 7 heteroatoms. The second kappa shape index (κ2) is 5.96. The molecular weight excluding hydrogens is 272 g/mol. The quantitative estimate of drug-likeness (QED) is 0.893. The molecule has 1 atom stereocenters. The number of carboxylic acids is 1. The number of ether oxygens (including phenoxy) is 1. The number of aliphatic carboxylic acids is 1. The van der Waals surface area contributed by atoms with Gasteiger partial charge in [-0.2, -0.15) is 0 Å². The van der Waals surface area contributed by atoms with Crippen LogP contribution in [-0.2, 0) is 20.7 Å². The predicted octanol–water partition coefficient (Wildman–Crippen LogP) is 0.819. The first-order chi connectivity index (χ1) is 9.47. The van der Waals surface area contributed by atoms with Crippen LogP contribution in [0.4, 0.5) is 8.78 Å². The first kappa shape index (κ1) is 14.4. The van der Waals surface area contributed by atoms with Crippen molar-refractivity contribution in [3.05, 3.63) is 35.4 Å². The Hall–Kier alpha value is -2.02. The summed E-state index contributed by atoms with van der Waals surface area (Å²) in [5, 5.41) is 8.84. The molecule has 0 bridgehead atoms. The fourth-order valence-electron chi connectivity index (χ4n) is 1.96. The molecule has 1 aromatic rings.